The van der Waals surface area contributed by atoms with Gasteiger partial charge >= 0.3 is 0 Å². The van der Waals surface area contributed by atoms with Crippen LogP contribution in [0.15, 0.2) is 24.5 Å². The molecule has 1 unspecified atom stereocenters. The molecule has 1 fully saturated rings. The molecule has 1 aromatic carbocycles. The minimum Gasteiger partial charge on any atom is -0.492 e. The smallest absolute Gasteiger partial charge is 0.249 e. The second kappa shape index (κ2) is 5.86. The molecule has 1 aliphatic heterocycles. The Morgan fingerprint density at radius 1 is 1.39 bits per heavy atom. The molecular weight excluding hydrogens is 306 g/mol. The molecule has 1 N–H and O–H groups in total. The summed E-state index contributed by atoms with van der Waals surface area (Å²) in [5, 5.41) is 6.91. The van der Waals surface area contributed by atoms with Crippen LogP contribution in [0, 0.1) is 11.6 Å². The third-order valence-electron chi connectivity index (χ3n) is 3.75. The van der Waals surface area contributed by atoms with Crippen LogP contribution in [0.5, 0.6) is 5.75 Å². The highest BCUT2D eigenvalue weighted by Gasteiger charge is 2.34. The van der Waals surface area contributed by atoms with Crippen molar-refractivity contribution < 1.29 is 18.3 Å². The SMILES string of the molecule is COc1c(F)cc(F)cc1NC1CCN(c2cnn(C)c2)C1=O. The molecule has 122 valence electrons. The molecule has 0 aliphatic carbocycles. The van der Waals surface area contributed by atoms with Gasteiger partial charge in [-0.1, -0.05) is 0 Å². The van der Waals surface area contributed by atoms with E-state index in [9.17, 15) is 13.6 Å². The number of methoxy groups -OCH3 is 1. The van der Waals surface area contributed by atoms with Gasteiger partial charge in [-0.25, -0.2) is 8.78 Å². The lowest BCUT2D eigenvalue weighted by atomic mass is 10.2. The zero-order valence-electron chi connectivity index (χ0n) is 12.7. The van der Waals surface area contributed by atoms with Crippen LogP contribution in [0.2, 0.25) is 0 Å². The number of aromatic nitrogens is 2. The lowest BCUT2D eigenvalue weighted by Crippen LogP contribution is -2.33. The van der Waals surface area contributed by atoms with Crippen molar-refractivity contribution >= 4 is 17.3 Å². The fraction of sp³-hybridized carbons (Fsp3) is 0.333. The van der Waals surface area contributed by atoms with Crippen molar-refractivity contribution in [2.24, 2.45) is 7.05 Å². The predicted molar refractivity (Wildman–Crippen MR) is 80.5 cm³/mol. The largest absolute Gasteiger partial charge is 0.492 e. The van der Waals surface area contributed by atoms with E-state index in [1.165, 1.54) is 7.11 Å². The molecule has 1 atom stereocenters. The minimum absolute atomic E-state index is 0.112. The number of carbonyl (C=O) groups is 1. The summed E-state index contributed by atoms with van der Waals surface area (Å²) in [6.07, 6.45) is 3.85. The molecule has 2 aromatic rings. The molecule has 1 saturated heterocycles. The number of hydrogen-bond donors (Lipinski definition) is 1. The van der Waals surface area contributed by atoms with E-state index in [2.05, 4.69) is 10.4 Å². The normalized spacial score (nSPS) is 17.7. The van der Waals surface area contributed by atoms with Crippen molar-refractivity contribution in [3.63, 3.8) is 0 Å². The summed E-state index contributed by atoms with van der Waals surface area (Å²) in [7, 11) is 3.06. The van der Waals surface area contributed by atoms with Crippen molar-refractivity contribution in [1.82, 2.24) is 9.78 Å². The maximum atomic E-state index is 13.7. The molecular formula is C15H16F2N4O2. The summed E-state index contributed by atoms with van der Waals surface area (Å²) in [5.74, 6) is -1.84. The summed E-state index contributed by atoms with van der Waals surface area (Å²) >= 11 is 0. The Hall–Kier alpha value is -2.64. The number of hydrogen-bond acceptors (Lipinski definition) is 4. The zero-order valence-corrected chi connectivity index (χ0v) is 12.7. The minimum atomic E-state index is -0.815. The van der Waals surface area contributed by atoms with Crippen molar-refractivity contribution in [2.75, 3.05) is 23.9 Å². The number of rotatable bonds is 4. The van der Waals surface area contributed by atoms with Gasteiger partial charge in [0.2, 0.25) is 5.91 Å². The van der Waals surface area contributed by atoms with Crippen molar-refractivity contribution in [3.8, 4) is 5.75 Å². The van der Waals surface area contributed by atoms with Gasteiger partial charge in [-0.3, -0.25) is 9.48 Å². The summed E-state index contributed by atoms with van der Waals surface area (Å²) in [6, 6.07) is 1.27. The van der Waals surface area contributed by atoms with Gasteiger partial charge in [0, 0.05) is 31.9 Å². The molecule has 0 bridgehead atoms. The number of nitrogens with one attached hydrogen (secondary N) is 1. The Labute approximate surface area is 131 Å². The van der Waals surface area contributed by atoms with Crippen LogP contribution in [0.3, 0.4) is 0 Å². The van der Waals surface area contributed by atoms with Crippen LogP contribution < -0.4 is 15.0 Å². The van der Waals surface area contributed by atoms with E-state index < -0.39 is 17.7 Å². The second-order valence-corrected chi connectivity index (χ2v) is 5.32. The standard InChI is InChI=1S/C15H16F2N4O2/c1-20-8-10(7-18-20)21-4-3-12(15(21)22)19-13-6-9(16)5-11(17)14(13)23-2/h5-8,12,19H,3-4H2,1-2H3. The number of carbonyl (C=O) groups excluding carboxylic acids is 1. The van der Waals surface area contributed by atoms with Gasteiger partial charge in [0.1, 0.15) is 11.9 Å². The maximum absolute atomic E-state index is 13.7. The highest BCUT2D eigenvalue weighted by atomic mass is 19.1. The van der Waals surface area contributed by atoms with E-state index in [1.807, 2.05) is 0 Å². The Morgan fingerprint density at radius 3 is 2.83 bits per heavy atom. The fourth-order valence-corrected chi connectivity index (χ4v) is 2.68. The quantitative estimate of drug-likeness (QED) is 0.934. The third-order valence-corrected chi connectivity index (χ3v) is 3.75. The van der Waals surface area contributed by atoms with Crippen LogP contribution in [0.1, 0.15) is 6.42 Å². The number of benzene rings is 1. The molecule has 2 heterocycles. The number of aryl methyl sites for hydroxylation is 1. The Balaban J connectivity index is 1.81. The van der Waals surface area contributed by atoms with Crippen molar-refractivity contribution in [1.29, 1.82) is 0 Å². The lowest BCUT2D eigenvalue weighted by Gasteiger charge is -2.17. The predicted octanol–water partition coefficient (Wildman–Crippen LogP) is 1.92. The number of anilines is 2. The van der Waals surface area contributed by atoms with Gasteiger partial charge in [0.15, 0.2) is 11.6 Å². The molecule has 3 rings (SSSR count). The highest BCUT2D eigenvalue weighted by molar-refractivity contribution is 6.01. The molecule has 8 heteroatoms. The molecule has 1 aliphatic rings. The highest BCUT2D eigenvalue weighted by Crippen LogP contribution is 2.31. The van der Waals surface area contributed by atoms with Crippen molar-refractivity contribution in [2.45, 2.75) is 12.5 Å². The van der Waals surface area contributed by atoms with E-state index >= 15 is 0 Å². The summed E-state index contributed by atoms with van der Waals surface area (Å²) in [5.41, 5.74) is 0.815. The van der Waals surface area contributed by atoms with Gasteiger partial charge in [-0.2, -0.15) is 5.10 Å². The van der Waals surface area contributed by atoms with Crippen LogP contribution in [-0.2, 0) is 11.8 Å². The molecule has 0 radical (unpaired) electrons. The van der Waals surface area contributed by atoms with E-state index in [0.29, 0.717) is 18.7 Å². The van der Waals surface area contributed by atoms with Crippen LogP contribution in [-0.4, -0.2) is 35.4 Å². The van der Waals surface area contributed by atoms with E-state index in [-0.39, 0.29) is 17.3 Å². The van der Waals surface area contributed by atoms with E-state index in [1.54, 1.807) is 29.0 Å². The first kappa shape index (κ1) is 15.3. The summed E-state index contributed by atoms with van der Waals surface area (Å²) in [4.78, 5) is 14.1. The summed E-state index contributed by atoms with van der Waals surface area (Å²) in [6.45, 7) is 0.502. The fourth-order valence-electron chi connectivity index (χ4n) is 2.68. The first-order valence-electron chi connectivity index (χ1n) is 7.09. The van der Waals surface area contributed by atoms with Crippen LogP contribution in [0.25, 0.3) is 0 Å². The number of amides is 1. The van der Waals surface area contributed by atoms with Crippen LogP contribution in [0.4, 0.5) is 20.2 Å². The first-order valence-corrected chi connectivity index (χ1v) is 7.09. The molecule has 0 saturated carbocycles. The topological polar surface area (TPSA) is 59.4 Å². The number of nitrogens with zero attached hydrogens (tertiary/aromatic N) is 3. The van der Waals surface area contributed by atoms with Gasteiger partial charge in [-0.05, 0) is 6.42 Å². The number of halogens is 2. The van der Waals surface area contributed by atoms with Gasteiger partial charge in [0.25, 0.3) is 0 Å². The first-order chi connectivity index (χ1) is 11.0. The molecule has 1 amide bonds. The Bertz CT molecular complexity index is 747. The lowest BCUT2D eigenvalue weighted by molar-refractivity contribution is -0.117. The third kappa shape index (κ3) is 2.84. The number of ether oxygens (including phenoxy) is 1. The maximum Gasteiger partial charge on any atom is 0.249 e. The molecule has 1 aromatic heterocycles. The van der Waals surface area contributed by atoms with E-state index in [4.69, 9.17) is 4.74 Å². The van der Waals surface area contributed by atoms with Gasteiger partial charge in [-0.15, -0.1) is 0 Å². The van der Waals surface area contributed by atoms with Gasteiger partial charge in [0.05, 0.1) is 24.7 Å². The molecule has 23 heavy (non-hydrogen) atoms. The summed E-state index contributed by atoms with van der Waals surface area (Å²) < 4.78 is 33.7. The molecule has 6 nitrogen and oxygen atoms in total. The monoisotopic (exact) mass is 322 g/mol. The van der Waals surface area contributed by atoms with Crippen molar-refractivity contribution in [3.05, 3.63) is 36.2 Å². The zero-order chi connectivity index (χ0) is 16.6. The van der Waals surface area contributed by atoms with E-state index in [0.717, 1.165) is 12.1 Å². The van der Waals surface area contributed by atoms with Crippen LogP contribution >= 0.6 is 0 Å². The average Bonchev–Trinajstić information content (AvgIpc) is 3.06. The second-order valence-electron chi connectivity index (χ2n) is 5.32. The van der Waals surface area contributed by atoms with Gasteiger partial charge < -0.3 is 15.0 Å². The Morgan fingerprint density at radius 2 is 2.17 bits per heavy atom. The molecule has 0 spiro atoms. The Kier molecular flexibility index (Phi) is 3.89. The average molecular weight is 322 g/mol.